The fraction of sp³-hybridized carbons (Fsp3) is 0.583. The smallest absolute Gasteiger partial charge is 0.240 e. The molecular formula is C36H49N5O3S2. The van der Waals surface area contributed by atoms with Gasteiger partial charge in [-0.15, -0.1) is 11.3 Å². The van der Waals surface area contributed by atoms with Crippen LogP contribution in [0.3, 0.4) is 0 Å². The SMILES string of the molecule is CSC[C@@H](NC(=O)C1CCN(CCc2c(-c3cc(C)cc(C)c3)[nH]c3sc(C(C)(C)C(=O)N4C5CCC4CC5)cc23)CC1)C(N)=O. The molecule has 3 aliphatic rings. The van der Waals surface area contributed by atoms with Gasteiger partial charge in [-0.1, -0.05) is 17.2 Å². The molecule has 2 bridgehead atoms. The molecule has 0 spiro atoms. The van der Waals surface area contributed by atoms with Gasteiger partial charge in [-0.3, -0.25) is 14.4 Å². The third-order valence-electron chi connectivity index (χ3n) is 10.6. The van der Waals surface area contributed by atoms with E-state index in [-0.39, 0.29) is 17.7 Å². The van der Waals surface area contributed by atoms with Crippen LogP contribution in [0.5, 0.6) is 0 Å². The van der Waals surface area contributed by atoms with E-state index in [0.717, 1.165) is 74.3 Å². The molecule has 3 amide bonds. The summed E-state index contributed by atoms with van der Waals surface area (Å²) in [6.07, 6.45) is 8.89. The molecule has 5 heterocycles. The zero-order chi connectivity index (χ0) is 32.7. The van der Waals surface area contributed by atoms with Crippen LogP contribution in [0.15, 0.2) is 24.3 Å². The molecule has 4 N–H and O–H groups in total. The Morgan fingerprint density at radius 2 is 1.65 bits per heavy atom. The molecule has 0 unspecified atom stereocenters. The van der Waals surface area contributed by atoms with Gasteiger partial charge in [0.15, 0.2) is 0 Å². The van der Waals surface area contributed by atoms with Crippen molar-refractivity contribution in [3.8, 4) is 11.3 Å². The Kier molecular flexibility index (Phi) is 9.61. The highest BCUT2D eigenvalue weighted by atomic mass is 32.2. The number of carbonyl (C=O) groups is 3. The summed E-state index contributed by atoms with van der Waals surface area (Å²) >= 11 is 3.23. The number of aryl methyl sites for hydroxylation is 2. The number of thioether (sulfide) groups is 1. The number of hydrogen-bond donors (Lipinski definition) is 3. The van der Waals surface area contributed by atoms with E-state index in [1.807, 2.05) is 6.26 Å². The van der Waals surface area contributed by atoms with Gasteiger partial charge in [-0.25, -0.2) is 0 Å². The fourth-order valence-electron chi connectivity index (χ4n) is 7.98. The van der Waals surface area contributed by atoms with E-state index in [4.69, 9.17) is 5.73 Å². The number of piperidine rings is 1. The summed E-state index contributed by atoms with van der Waals surface area (Å²) in [5.41, 5.74) is 11.1. The van der Waals surface area contributed by atoms with Crippen LogP contribution < -0.4 is 11.1 Å². The van der Waals surface area contributed by atoms with Crippen molar-refractivity contribution < 1.29 is 14.4 Å². The quantitative estimate of drug-likeness (QED) is 0.250. The number of primary amides is 1. The number of H-pyrrole nitrogens is 1. The van der Waals surface area contributed by atoms with Gasteiger partial charge in [0.1, 0.15) is 10.9 Å². The molecule has 1 atom stereocenters. The molecule has 1 aromatic carbocycles. The minimum atomic E-state index is -0.624. The number of nitrogens with two attached hydrogens (primary N) is 1. The average molecular weight is 664 g/mol. The lowest BCUT2D eigenvalue weighted by Gasteiger charge is -2.32. The number of likely N-dealkylation sites (tertiary alicyclic amines) is 1. The monoisotopic (exact) mass is 663 g/mol. The number of thiophene rings is 1. The van der Waals surface area contributed by atoms with E-state index >= 15 is 0 Å². The first-order valence-corrected chi connectivity index (χ1v) is 19.0. The highest BCUT2D eigenvalue weighted by Crippen LogP contribution is 2.44. The summed E-state index contributed by atoms with van der Waals surface area (Å²) < 4.78 is 0. The number of carbonyl (C=O) groups excluding carboxylic acids is 3. The fourth-order valence-corrected chi connectivity index (χ4v) is 9.74. The Morgan fingerprint density at radius 3 is 2.24 bits per heavy atom. The summed E-state index contributed by atoms with van der Waals surface area (Å²) in [4.78, 5) is 49.4. The van der Waals surface area contributed by atoms with E-state index in [1.54, 1.807) is 11.3 Å². The topological polar surface area (TPSA) is 112 Å². The maximum Gasteiger partial charge on any atom is 0.240 e. The Bertz CT molecular complexity index is 1580. The second-order valence-electron chi connectivity index (χ2n) is 14.3. The molecule has 248 valence electrons. The van der Waals surface area contributed by atoms with Crippen molar-refractivity contribution in [1.29, 1.82) is 0 Å². The predicted molar refractivity (Wildman–Crippen MR) is 189 cm³/mol. The predicted octanol–water partition coefficient (Wildman–Crippen LogP) is 5.53. The normalized spacial score (nSPS) is 21.3. The van der Waals surface area contributed by atoms with Gasteiger partial charge in [-0.2, -0.15) is 11.8 Å². The molecule has 0 aliphatic carbocycles. The van der Waals surface area contributed by atoms with Crippen molar-refractivity contribution in [2.24, 2.45) is 11.7 Å². The van der Waals surface area contributed by atoms with Crippen LogP contribution >= 0.6 is 23.1 Å². The maximum atomic E-state index is 14.0. The van der Waals surface area contributed by atoms with Crippen LogP contribution in [0.4, 0.5) is 0 Å². The first-order chi connectivity index (χ1) is 22.0. The molecule has 3 aliphatic heterocycles. The summed E-state index contributed by atoms with van der Waals surface area (Å²) in [6.45, 7) is 11.1. The van der Waals surface area contributed by atoms with E-state index in [9.17, 15) is 14.4 Å². The zero-order valence-corrected chi connectivity index (χ0v) is 29.5. The highest BCUT2D eigenvalue weighted by Gasteiger charge is 2.47. The first kappa shape index (κ1) is 33.1. The Hall–Kier alpha value is -2.82. The van der Waals surface area contributed by atoms with Crippen LogP contribution in [-0.4, -0.2) is 82.3 Å². The number of benzene rings is 1. The van der Waals surface area contributed by atoms with Crippen molar-refractivity contribution in [2.75, 3.05) is 31.6 Å². The summed E-state index contributed by atoms with van der Waals surface area (Å²) in [5, 5.41) is 4.10. The van der Waals surface area contributed by atoms with Crippen molar-refractivity contribution in [2.45, 2.75) is 96.2 Å². The molecule has 8 nitrogen and oxygen atoms in total. The number of aromatic amines is 1. The van der Waals surface area contributed by atoms with Crippen LogP contribution in [0, 0.1) is 19.8 Å². The van der Waals surface area contributed by atoms with Gasteiger partial charge in [0.25, 0.3) is 0 Å². The number of nitrogens with one attached hydrogen (secondary N) is 2. The second kappa shape index (κ2) is 13.4. The molecule has 3 saturated heterocycles. The lowest BCUT2D eigenvalue weighted by Crippen LogP contribution is -2.49. The highest BCUT2D eigenvalue weighted by molar-refractivity contribution is 7.98. The second-order valence-corrected chi connectivity index (χ2v) is 16.3. The number of fused-ring (bicyclic) bond motifs is 3. The molecule has 2 aromatic heterocycles. The number of hydrogen-bond acceptors (Lipinski definition) is 6. The Labute approximate surface area is 281 Å². The van der Waals surface area contributed by atoms with Gasteiger partial charge in [0.2, 0.25) is 17.7 Å². The summed E-state index contributed by atoms with van der Waals surface area (Å²) in [7, 11) is 0. The standard InChI is InChI=1S/C36H49N5O3S2/c1-21-16-22(2)18-24(17-21)31-27(12-15-40-13-10-23(11-14-40)33(43)38-29(20-45-5)32(37)42)28-19-30(46-34(28)39-31)36(3,4)35(44)41-25-6-7-26(41)9-8-25/h16-19,23,25-26,29,39H,6-15,20H2,1-5H3,(H2,37,42)(H,38,43)/t25?,26?,29-/m1/s1. The van der Waals surface area contributed by atoms with Crippen LogP contribution in [0.1, 0.15) is 73.9 Å². The Morgan fingerprint density at radius 1 is 1.02 bits per heavy atom. The number of rotatable bonds is 11. The van der Waals surface area contributed by atoms with Gasteiger partial charge < -0.3 is 25.8 Å². The molecule has 3 fully saturated rings. The maximum absolute atomic E-state index is 14.0. The van der Waals surface area contributed by atoms with Crippen LogP contribution in [0.2, 0.25) is 0 Å². The molecular weight excluding hydrogens is 615 g/mol. The van der Waals surface area contributed by atoms with Crippen molar-refractivity contribution in [3.63, 3.8) is 0 Å². The summed E-state index contributed by atoms with van der Waals surface area (Å²) in [6, 6.07) is 9.22. The van der Waals surface area contributed by atoms with Crippen molar-refractivity contribution in [1.82, 2.24) is 20.1 Å². The molecule has 46 heavy (non-hydrogen) atoms. The molecule has 6 rings (SSSR count). The number of aromatic nitrogens is 1. The molecule has 10 heteroatoms. The third-order valence-corrected chi connectivity index (χ3v) is 12.6. The van der Waals surface area contributed by atoms with Crippen molar-refractivity contribution in [3.05, 3.63) is 45.8 Å². The zero-order valence-electron chi connectivity index (χ0n) is 27.9. The molecule has 0 saturated carbocycles. The van der Waals surface area contributed by atoms with Crippen LogP contribution in [0.25, 0.3) is 21.5 Å². The van der Waals surface area contributed by atoms with Crippen molar-refractivity contribution >= 4 is 51.0 Å². The van der Waals surface area contributed by atoms with Gasteiger partial charge >= 0.3 is 0 Å². The number of nitrogens with zero attached hydrogens (tertiary/aromatic N) is 2. The molecule has 3 aromatic rings. The van der Waals surface area contributed by atoms with E-state index in [0.29, 0.717) is 17.8 Å². The third kappa shape index (κ3) is 6.49. The lowest BCUT2D eigenvalue weighted by molar-refractivity contribution is -0.137. The number of amides is 3. The van der Waals surface area contributed by atoms with Gasteiger partial charge in [-0.05, 0) is 121 Å². The largest absolute Gasteiger partial charge is 0.368 e. The molecule has 0 radical (unpaired) electrons. The average Bonchev–Trinajstić information content (AvgIpc) is 3.80. The minimum absolute atomic E-state index is 0.0631. The first-order valence-electron chi connectivity index (χ1n) is 16.8. The van der Waals surface area contributed by atoms with Crippen LogP contribution in [-0.2, 0) is 26.2 Å². The minimum Gasteiger partial charge on any atom is -0.368 e. The van der Waals surface area contributed by atoms with E-state index in [1.165, 1.54) is 45.1 Å². The van der Waals surface area contributed by atoms with E-state index < -0.39 is 17.4 Å². The Balaban J connectivity index is 1.20. The lowest BCUT2D eigenvalue weighted by atomic mass is 9.88. The van der Waals surface area contributed by atoms with Gasteiger partial charge in [0.05, 0.1) is 11.1 Å². The van der Waals surface area contributed by atoms with E-state index in [2.05, 4.69) is 72.1 Å². The summed E-state index contributed by atoms with van der Waals surface area (Å²) in [5.74, 6) is 0.120. The van der Waals surface area contributed by atoms with Gasteiger partial charge in [0, 0.05) is 40.6 Å².